The molecule has 1 aliphatic heterocycles. The van der Waals surface area contributed by atoms with Gasteiger partial charge in [-0.3, -0.25) is 14.4 Å². The number of fused-ring (bicyclic) bond motifs is 1. The lowest BCUT2D eigenvalue weighted by atomic mass is 10.1. The summed E-state index contributed by atoms with van der Waals surface area (Å²) in [6.07, 6.45) is 0. The van der Waals surface area contributed by atoms with Crippen molar-refractivity contribution in [3.8, 4) is 0 Å². The van der Waals surface area contributed by atoms with E-state index in [0.29, 0.717) is 42.8 Å². The summed E-state index contributed by atoms with van der Waals surface area (Å²) in [7, 11) is 1.66. The van der Waals surface area contributed by atoms with Gasteiger partial charge in [0.1, 0.15) is 0 Å². The third-order valence-corrected chi connectivity index (χ3v) is 5.39. The molecule has 7 heteroatoms. The summed E-state index contributed by atoms with van der Waals surface area (Å²) in [6.45, 7) is 3.86. The van der Waals surface area contributed by atoms with Gasteiger partial charge >= 0.3 is 0 Å². The van der Waals surface area contributed by atoms with E-state index in [0.717, 1.165) is 5.69 Å². The van der Waals surface area contributed by atoms with Crippen LogP contribution in [0.25, 0.3) is 11.0 Å². The van der Waals surface area contributed by atoms with Gasteiger partial charge in [-0.25, -0.2) is 4.98 Å². The number of nitrogens with zero attached hydrogens (tertiary/aromatic N) is 4. The van der Waals surface area contributed by atoms with Crippen molar-refractivity contribution in [1.29, 1.82) is 0 Å². The summed E-state index contributed by atoms with van der Waals surface area (Å²) in [4.78, 5) is 45.2. The second-order valence-electron chi connectivity index (χ2n) is 7.20. The highest BCUT2D eigenvalue weighted by Gasteiger charge is 2.26. The number of anilines is 1. The maximum atomic E-state index is 13.0. The number of amides is 1. The summed E-state index contributed by atoms with van der Waals surface area (Å²) >= 11 is 0. The SMILES string of the molecule is CC(=O)c1ccc(N2CCN(C(=O)c3nc4ccccc4n(C)c3=O)CC2)cc1. The molecular weight excluding hydrogens is 368 g/mol. The van der Waals surface area contributed by atoms with Crippen LogP contribution >= 0.6 is 0 Å². The first kappa shape index (κ1) is 18.9. The number of hydrogen-bond donors (Lipinski definition) is 0. The van der Waals surface area contributed by atoms with Crippen molar-refractivity contribution < 1.29 is 9.59 Å². The lowest BCUT2D eigenvalue weighted by molar-refractivity contribution is 0.0738. The minimum absolute atomic E-state index is 0.0366. The molecule has 1 aliphatic rings. The van der Waals surface area contributed by atoms with Crippen molar-refractivity contribution in [1.82, 2.24) is 14.5 Å². The van der Waals surface area contributed by atoms with Gasteiger partial charge in [-0.15, -0.1) is 0 Å². The maximum Gasteiger partial charge on any atom is 0.282 e. The lowest BCUT2D eigenvalue weighted by Gasteiger charge is -2.36. The van der Waals surface area contributed by atoms with Crippen molar-refractivity contribution in [2.24, 2.45) is 7.05 Å². The predicted molar refractivity (Wildman–Crippen MR) is 112 cm³/mol. The number of aryl methyl sites for hydroxylation is 1. The number of rotatable bonds is 3. The molecule has 29 heavy (non-hydrogen) atoms. The van der Waals surface area contributed by atoms with Crippen LogP contribution in [0.5, 0.6) is 0 Å². The van der Waals surface area contributed by atoms with Crippen LogP contribution < -0.4 is 10.5 Å². The van der Waals surface area contributed by atoms with Crippen molar-refractivity contribution in [2.75, 3.05) is 31.1 Å². The van der Waals surface area contributed by atoms with Crippen LogP contribution in [0.1, 0.15) is 27.8 Å². The monoisotopic (exact) mass is 390 g/mol. The van der Waals surface area contributed by atoms with Gasteiger partial charge in [0, 0.05) is 44.5 Å². The van der Waals surface area contributed by atoms with Crippen molar-refractivity contribution in [3.05, 3.63) is 70.1 Å². The van der Waals surface area contributed by atoms with E-state index in [1.165, 1.54) is 4.57 Å². The molecule has 1 amide bonds. The van der Waals surface area contributed by atoms with Crippen LogP contribution in [0.4, 0.5) is 5.69 Å². The van der Waals surface area contributed by atoms with Crippen molar-refractivity contribution in [3.63, 3.8) is 0 Å². The smallest absolute Gasteiger partial charge is 0.282 e. The number of benzene rings is 2. The average Bonchev–Trinajstić information content (AvgIpc) is 2.76. The van der Waals surface area contributed by atoms with Crippen molar-refractivity contribution >= 4 is 28.4 Å². The molecule has 0 N–H and O–H groups in total. The Balaban J connectivity index is 1.51. The zero-order chi connectivity index (χ0) is 20.5. The topological polar surface area (TPSA) is 75.5 Å². The van der Waals surface area contributed by atoms with Gasteiger partial charge < -0.3 is 14.4 Å². The van der Waals surface area contributed by atoms with Crippen LogP contribution in [-0.2, 0) is 7.05 Å². The molecule has 0 atom stereocenters. The second kappa shape index (κ2) is 7.50. The van der Waals surface area contributed by atoms with Gasteiger partial charge in [0.2, 0.25) is 0 Å². The number of piperazine rings is 1. The van der Waals surface area contributed by atoms with Gasteiger partial charge in [-0.2, -0.15) is 0 Å². The minimum Gasteiger partial charge on any atom is -0.368 e. The maximum absolute atomic E-state index is 13.0. The molecule has 1 fully saturated rings. The molecule has 3 aromatic rings. The molecule has 0 spiro atoms. The van der Waals surface area contributed by atoms with Crippen LogP contribution in [0.15, 0.2) is 53.3 Å². The fourth-order valence-electron chi connectivity index (χ4n) is 3.64. The number of aromatic nitrogens is 2. The lowest BCUT2D eigenvalue weighted by Crippen LogP contribution is -2.50. The molecule has 1 saturated heterocycles. The molecule has 0 bridgehead atoms. The highest BCUT2D eigenvalue weighted by molar-refractivity contribution is 5.95. The highest BCUT2D eigenvalue weighted by Crippen LogP contribution is 2.18. The normalized spacial score (nSPS) is 14.3. The Bertz CT molecular complexity index is 1140. The van der Waals surface area contributed by atoms with E-state index < -0.39 is 0 Å². The molecule has 148 valence electrons. The van der Waals surface area contributed by atoms with Gasteiger partial charge in [-0.1, -0.05) is 12.1 Å². The molecule has 0 unspecified atom stereocenters. The van der Waals surface area contributed by atoms with Crippen LogP contribution in [0.2, 0.25) is 0 Å². The third kappa shape index (κ3) is 3.51. The van der Waals surface area contributed by atoms with Crippen molar-refractivity contribution in [2.45, 2.75) is 6.92 Å². The molecule has 0 aliphatic carbocycles. The predicted octanol–water partition coefficient (Wildman–Crippen LogP) is 2.10. The van der Waals surface area contributed by atoms with E-state index in [1.54, 1.807) is 24.9 Å². The highest BCUT2D eigenvalue weighted by atomic mass is 16.2. The molecule has 1 aromatic heterocycles. The number of ketones is 1. The van der Waals surface area contributed by atoms with E-state index >= 15 is 0 Å². The Morgan fingerprint density at radius 2 is 1.59 bits per heavy atom. The molecule has 0 saturated carbocycles. The number of carbonyl (C=O) groups excluding carboxylic acids is 2. The minimum atomic E-state index is -0.379. The number of hydrogen-bond acceptors (Lipinski definition) is 5. The molecule has 0 radical (unpaired) electrons. The number of para-hydroxylation sites is 2. The molecular formula is C22H22N4O3. The average molecular weight is 390 g/mol. The summed E-state index contributed by atoms with van der Waals surface area (Å²) in [5.74, 6) is -0.292. The Morgan fingerprint density at radius 3 is 2.24 bits per heavy atom. The van der Waals surface area contributed by atoms with Gasteiger partial charge in [0.05, 0.1) is 11.0 Å². The first-order valence-corrected chi connectivity index (χ1v) is 9.56. The van der Waals surface area contributed by atoms with E-state index in [2.05, 4.69) is 9.88 Å². The number of Topliss-reactive ketones (excluding diaryl/α,β-unsaturated/α-hetero) is 1. The van der Waals surface area contributed by atoms with E-state index in [-0.39, 0.29) is 22.9 Å². The zero-order valence-corrected chi connectivity index (χ0v) is 16.5. The van der Waals surface area contributed by atoms with Gasteiger partial charge in [0.15, 0.2) is 11.5 Å². The second-order valence-corrected chi connectivity index (χ2v) is 7.20. The summed E-state index contributed by atoms with van der Waals surface area (Å²) in [5.41, 5.74) is 2.61. The van der Waals surface area contributed by atoms with Crippen LogP contribution in [-0.4, -0.2) is 52.3 Å². The standard InChI is InChI=1S/C22H22N4O3/c1-15(27)16-7-9-17(10-8-16)25-11-13-26(14-12-25)22(29)20-21(28)24(2)19-6-4-3-5-18(19)23-20/h3-10H,11-14H2,1-2H3. The quantitative estimate of drug-likeness (QED) is 0.640. The zero-order valence-electron chi connectivity index (χ0n) is 16.5. The molecule has 7 nitrogen and oxygen atoms in total. The Kier molecular flexibility index (Phi) is 4.88. The van der Waals surface area contributed by atoms with Crippen LogP contribution in [0.3, 0.4) is 0 Å². The van der Waals surface area contributed by atoms with E-state index in [4.69, 9.17) is 0 Å². The fraction of sp³-hybridized carbons (Fsp3) is 0.273. The van der Waals surface area contributed by atoms with Gasteiger partial charge in [0.25, 0.3) is 11.5 Å². The number of carbonyl (C=O) groups is 2. The largest absolute Gasteiger partial charge is 0.368 e. The summed E-state index contributed by atoms with van der Waals surface area (Å²) in [5, 5.41) is 0. The summed E-state index contributed by atoms with van der Waals surface area (Å²) < 4.78 is 1.47. The first-order valence-electron chi connectivity index (χ1n) is 9.56. The summed E-state index contributed by atoms with van der Waals surface area (Å²) in [6, 6.07) is 14.8. The molecule has 4 rings (SSSR count). The van der Waals surface area contributed by atoms with Gasteiger partial charge in [-0.05, 0) is 43.3 Å². The Morgan fingerprint density at radius 1 is 0.931 bits per heavy atom. The van der Waals surface area contributed by atoms with E-state index in [1.807, 2.05) is 42.5 Å². The van der Waals surface area contributed by atoms with Crippen LogP contribution in [0, 0.1) is 0 Å². The van der Waals surface area contributed by atoms with E-state index in [9.17, 15) is 14.4 Å². The molecule has 2 aromatic carbocycles. The fourth-order valence-corrected chi connectivity index (χ4v) is 3.64. The third-order valence-electron chi connectivity index (χ3n) is 5.39. The Labute approximate surface area is 168 Å². The molecule has 2 heterocycles. The first-order chi connectivity index (χ1) is 14.0. The Hall–Kier alpha value is -3.48.